The molecule has 192 valence electrons. The molecule has 10 heteroatoms. The Morgan fingerprint density at radius 2 is 1.75 bits per heavy atom. The average molecular weight is 500 g/mol. The van der Waals surface area contributed by atoms with Crippen molar-refractivity contribution in [1.82, 2.24) is 15.1 Å². The molecule has 1 unspecified atom stereocenters. The third-order valence-electron chi connectivity index (χ3n) is 6.61. The summed E-state index contributed by atoms with van der Waals surface area (Å²) in [6, 6.07) is 11.5. The van der Waals surface area contributed by atoms with Crippen molar-refractivity contribution in [3.05, 3.63) is 65.5 Å². The van der Waals surface area contributed by atoms with E-state index in [1.165, 1.54) is 37.3 Å². The number of carbonyl (C=O) groups excluding carboxylic acids is 3. The molecule has 0 saturated carbocycles. The zero-order chi connectivity index (χ0) is 25.7. The van der Waals surface area contributed by atoms with E-state index >= 15 is 0 Å². The van der Waals surface area contributed by atoms with Crippen LogP contribution in [0.5, 0.6) is 5.75 Å². The summed E-state index contributed by atoms with van der Waals surface area (Å²) < 4.78 is 30.1. The van der Waals surface area contributed by atoms with Crippen LogP contribution < -0.4 is 10.1 Å². The lowest BCUT2D eigenvalue weighted by Crippen LogP contribution is -2.60. The maximum Gasteiger partial charge on any atom is 0.257 e. The van der Waals surface area contributed by atoms with Crippen molar-refractivity contribution in [2.24, 2.45) is 0 Å². The Morgan fingerprint density at radius 1 is 1.06 bits per heavy atom. The number of hydrogen-bond acceptors (Lipinski definition) is 6. The fraction of sp³-hybridized carbons (Fsp3) is 0.423. The van der Waals surface area contributed by atoms with E-state index in [0.717, 1.165) is 0 Å². The first-order valence-corrected chi connectivity index (χ1v) is 11.8. The predicted octanol–water partition coefficient (Wildman–Crippen LogP) is 2.07. The molecule has 4 rings (SSSR count). The molecule has 2 fully saturated rings. The molecule has 36 heavy (non-hydrogen) atoms. The Balaban J connectivity index is 1.57. The van der Waals surface area contributed by atoms with Gasteiger partial charge in [-0.05, 0) is 36.4 Å². The quantitative estimate of drug-likeness (QED) is 0.586. The van der Waals surface area contributed by atoms with E-state index in [2.05, 4.69) is 5.32 Å². The van der Waals surface area contributed by atoms with Crippen molar-refractivity contribution >= 4 is 17.7 Å². The number of nitrogens with zero attached hydrogens (tertiary/aromatic N) is 2. The normalized spacial score (nSPS) is 18.8. The summed E-state index contributed by atoms with van der Waals surface area (Å²) in [6.07, 6.45) is 0.622. The number of likely N-dealkylation sites (tertiary alicyclic amines) is 1. The van der Waals surface area contributed by atoms with Gasteiger partial charge < -0.3 is 24.4 Å². The molecular formula is C26H30FN3O6. The number of halogens is 1. The van der Waals surface area contributed by atoms with Crippen molar-refractivity contribution in [3.8, 4) is 5.75 Å². The first-order valence-electron chi connectivity index (χ1n) is 11.8. The summed E-state index contributed by atoms with van der Waals surface area (Å²) in [6.45, 7) is 1.25. The Hall–Kier alpha value is -3.50. The summed E-state index contributed by atoms with van der Waals surface area (Å²) in [5.74, 6) is -0.944. The first-order chi connectivity index (χ1) is 17.4. The molecule has 2 aliphatic rings. The molecule has 0 aliphatic carbocycles. The van der Waals surface area contributed by atoms with Crippen molar-refractivity contribution < 1.29 is 33.0 Å². The van der Waals surface area contributed by atoms with E-state index in [1.54, 1.807) is 35.2 Å². The zero-order valence-corrected chi connectivity index (χ0v) is 20.4. The molecule has 0 aromatic heterocycles. The number of piperidine rings is 1. The highest BCUT2D eigenvalue weighted by molar-refractivity contribution is 5.99. The summed E-state index contributed by atoms with van der Waals surface area (Å²) in [5.41, 5.74) is -0.424. The minimum Gasteiger partial charge on any atom is -0.497 e. The minimum atomic E-state index is -1.05. The summed E-state index contributed by atoms with van der Waals surface area (Å²) in [7, 11) is 3.05. The number of methoxy groups -OCH3 is 2. The van der Waals surface area contributed by atoms with Gasteiger partial charge in [-0.25, -0.2) is 4.39 Å². The van der Waals surface area contributed by atoms with E-state index in [1.807, 2.05) is 0 Å². The minimum absolute atomic E-state index is 0.0341. The molecule has 1 spiro atoms. The summed E-state index contributed by atoms with van der Waals surface area (Å²) in [5, 5.41) is 2.80. The van der Waals surface area contributed by atoms with E-state index in [4.69, 9.17) is 14.2 Å². The summed E-state index contributed by atoms with van der Waals surface area (Å²) in [4.78, 5) is 42.9. The van der Waals surface area contributed by atoms with Crippen molar-refractivity contribution in [2.45, 2.75) is 24.6 Å². The van der Waals surface area contributed by atoms with Gasteiger partial charge in [-0.1, -0.05) is 12.1 Å². The number of amides is 3. The lowest BCUT2D eigenvalue weighted by atomic mass is 9.96. The number of ether oxygens (including phenoxy) is 3. The highest BCUT2D eigenvalue weighted by Gasteiger charge is 2.54. The van der Waals surface area contributed by atoms with Gasteiger partial charge >= 0.3 is 0 Å². The number of carbonyl (C=O) groups is 3. The van der Waals surface area contributed by atoms with Gasteiger partial charge in [0.1, 0.15) is 23.3 Å². The Kier molecular flexibility index (Phi) is 7.85. The van der Waals surface area contributed by atoms with Gasteiger partial charge in [-0.15, -0.1) is 0 Å². The lowest BCUT2D eigenvalue weighted by molar-refractivity contribution is -0.128. The second kappa shape index (κ2) is 11.0. The fourth-order valence-corrected chi connectivity index (χ4v) is 4.72. The molecule has 0 bridgehead atoms. The van der Waals surface area contributed by atoms with Crippen LogP contribution in [0.4, 0.5) is 4.39 Å². The molecule has 1 N–H and O–H groups in total. The van der Waals surface area contributed by atoms with Crippen LogP contribution in [0.3, 0.4) is 0 Å². The van der Waals surface area contributed by atoms with E-state index in [-0.39, 0.29) is 43.0 Å². The van der Waals surface area contributed by atoms with Crippen molar-refractivity contribution in [2.75, 3.05) is 47.1 Å². The Morgan fingerprint density at radius 3 is 2.42 bits per heavy atom. The van der Waals surface area contributed by atoms with Crippen LogP contribution in [0.2, 0.25) is 0 Å². The van der Waals surface area contributed by atoms with Crippen LogP contribution in [0, 0.1) is 5.82 Å². The van der Waals surface area contributed by atoms with E-state index in [9.17, 15) is 18.8 Å². The zero-order valence-electron chi connectivity index (χ0n) is 20.4. The molecule has 2 saturated heterocycles. The first kappa shape index (κ1) is 25.6. The number of nitrogens with one attached hydrogen (secondary N) is 1. The second-order valence-corrected chi connectivity index (χ2v) is 8.77. The van der Waals surface area contributed by atoms with Crippen molar-refractivity contribution in [3.63, 3.8) is 0 Å². The molecule has 1 atom stereocenters. The molecule has 2 aromatic rings. The van der Waals surface area contributed by atoms with E-state index < -0.39 is 17.6 Å². The van der Waals surface area contributed by atoms with Crippen LogP contribution in [0.25, 0.3) is 0 Å². The van der Waals surface area contributed by atoms with Gasteiger partial charge in [0, 0.05) is 50.7 Å². The molecule has 0 radical (unpaired) electrons. The topological polar surface area (TPSA) is 97.4 Å². The third kappa shape index (κ3) is 5.19. The lowest BCUT2D eigenvalue weighted by Gasteiger charge is -2.44. The van der Waals surface area contributed by atoms with Gasteiger partial charge in [-0.3, -0.25) is 19.3 Å². The van der Waals surface area contributed by atoms with Gasteiger partial charge in [0.2, 0.25) is 5.91 Å². The third-order valence-corrected chi connectivity index (χ3v) is 6.61. The fourth-order valence-electron chi connectivity index (χ4n) is 4.72. The second-order valence-electron chi connectivity index (χ2n) is 8.77. The van der Waals surface area contributed by atoms with Crippen LogP contribution in [-0.4, -0.2) is 86.4 Å². The predicted molar refractivity (Wildman–Crippen MR) is 128 cm³/mol. The van der Waals surface area contributed by atoms with Crippen LogP contribution in [0.15, 0.2) is 48.5 Å². The number of hydrogen-bond donors (Lipinski definition) is 1. The van der Waals surface area contributed by atoms with Gasteiger partial charge in [0.05, 0.1) is 20.3 Å². The summed E-state index contributed by atoms with van der Waals surface area (Å²) >= 11 is 0. The van der Waals surface area contributed by atoms with Crippen LogP contribution in [-0.2, 0) is 14.3 Å². The Labute approximate surface area is 209 Å². The molecule has 2 heterocycles. The average Bonchev–Trinajstić information content (AvgIpc) is 3.26. The Bertz CT molecular complexity index is 1120. The number of benzene rings is 2. The highest BCUT2D eigenvalue weighted by Crippen LogP contribution is 2.39. The molecule has 2 aromatic carbocycles. The highest BCUT2D eigenvalue weighted by atomic mass is 19.1. The van der Waals surface area contributed by atoms with Gasteiger partial charge in [0.25, 0.3) is 11.8 Å². The molecular weight excluding hydrogens is 469 g/mol. The van der Waals surface area contributed by atoms with Crippen molar-refractivity contribution in [1.29, 1.82) is 0 Å². The standard InChI is InChI=1S/C26H30FN3O6/c1-34-14-11-28-23(31)22-17-36-26(30(22)25(33)19-6-4-8-21(16-19)35-2)9-12-29(13-10-26)24(32)18-5-3-7-20(27)15-18/h3-8,15-16,22H,9-14,17H2,1-2H3,(H,28,31). The molecule has 2 aliphatic heterocycles. The number of rotatable bonds is 7. The van der Waals surface area contributed by atoms with E-state index in [0.29, 0.717) is 37.3 Å². The van der Waals surface area contributed by atoms with Gasteiger partial charge in [-0.2, -0.15) is 0 Å². The molecule has 9 nitrogen and oxygen atoms in total. The SMILES string of the molecule is COCCNC(=O)C1COC2(CCN(C(=O)c3cccc(F)c3)CC2)N1C(=O)c1cccc(OC)c1. The maximum absolute atomic E-state index is 13.8. The van der Waals surface area contributed by atoms with Crippen LogP contribution in [0.1, 0.15) is 33.6 Å². The largest absolute Gasteiger partial charge is 0.497 e. The monoisotopic (exact) mass is 499 g/mol. The van der Waals surface area contributed by atoms with Gasteiger partial charge in [0.15, 0.2) is 0 Å². The molecule has 3 amide bonds. The maximum atomic E-state index is 13.8. The van der Waals surface area contributed by atoms with Crippen LogP contribution >= 0.6 is 0 Å². The smallest absolute Gasteiger partial charge is 0.257 e.